The Morgan fingerprint density at radius 1 is 1.17 bits per heavy atom. The number of hydrogen-bond donors (Lipinski definition) is 2. The standard InChI is InChI=1S/C18H23N3O.2ClH/c1-11-8-12(2)17-14(9-11)15(18(22)20-7-6-19-3)10-16(21-17)13-4-5-13;;/h8-10,13,19H,4-7H2,1-3H3,(H,20,22);2*1H. The summed E-state index contributed by atoms with van der Waals surface area (Å²) in [7, 11) is 1.88. The van der Waals surface area contributed by atoms with Crippen molar-refractivity contribution in [2.75, 3.05) is 20.1 Å². The molecule has 1 aliphatic carbocycles. The zero-order chi connectivity index (χ0) is 15.7. The number of carbonyl (C=O) groups is 1. The van der Waals surface area contributed by atoms with Crippen molar-refractivity contribution in [2.24, 2.45) is 0 Å². The van der Waals surface area contributed by atoms with Gasteiger partial charge in [0, 0.05) is 30.1 Å². The molecule has 3 rings (SSSR count). The van der Waals surface area contributed by atoms with Gasteiger partial charge in [-0.2, -0.15) is 0 Å². The molecule has 0 radical (unpaired) electrons. The monoisotopic (exact) mass is 369 g/mol. The molecule has 132 valence electrons. The molecule has 1 saturated carbocycles. The highest BCUT2D eigenvalue weighted by Crippen LogP contribution is 2.40. The van der Waals surface area contributed by atoms with Crippen molar-refractivity contribution in [3.05, 3.63) is 40.6 Å². The molecule has 0 aliphatic heterocycles. The van der Waals surface area contributed by atoms with Crippen LogP contribution in [0.4, 0.5) is 0 Å². The van der Waals surface area contributed by atoms with E-state index in [1.165, 1.54) is 12.8 Å². The first-order chi connectivity index (χ1) is 10.6. The summed E-state index contributed by atoms with van der Waals surface area (Å²) in [5, 5.41) is 6.99. The van der Waals surface area contributed by atoms with Crippen molar-refractivity contribution < 1.29 is 4.79 Å². The quantitative estimate of drug-likeness (QED) is 0.792. The predicted molar refractivity (Wildman–Crippen MR) is 104 cm³/mol. The molecule has 0 atom stereocenters. The molecule has 1 aromatic carbocycles. The van der Waals surface area contributed by atoms with Gasteiger partial charge in [0.1, 0.15) is 0 Å². The maximum atomic E-state index is 12.6. The molecule has 4 nitrogen and oxygen atoms in total. The largest absolute Gasteiger partial charge is 0.351 e. The normalized spacial score (nSPS) is 13.1. The summed E-state index contributed by atoms with van der Waals surface area (Å²) < 4.78 is 0. The molecule has 0 bridgehead atoms. The Kier molecular flexibility index (Phi) is 7.46. The van der Waals surface area contributed by atoms with Crippen LogP contribution >= 0.6 is 24.8 Å². The van der Waals surface area contributed by atoms with Crippen molar-refractivity contribution in [3.63, 3.8) is 0 Å². The number of rotatable bonds is 5. The minimum absolute atomic E-state index is 0. The molecular weight excluding hydrogens is 345 g/mol. The number of halogens is 2. The lowest BCUT2D eigenvalue weighted by Crippen LogP contribution is -2.30. The maximum Gasteiger partial charge on any atom is 0.252 e. The number of amides is 1. The number of likely N-dealkylation sites (N-methyl/N-ethyl adjacent to an activating group) is 1. The van der Waals surface area contributed by atoms with Gasteiger partial charge in [-0.15, -0.1) is 24.8 Å². The average molecular weight is 370 g/mol. The SMILES string of the molecule is CNCCNC(=O)c1cc(C2CC2)nc2c(C)cc(C)cc12.Cl.Cl. The van der Waals surface area contributed by atoms with E-state index in [1.807, 2.05) is 13.1 Å². The zero-order valence-electron chi connectivity index (χ0n) is 14.3. The van der Waals surface area contributed by atoms with Crippen LogP contribution in [0.3, 0.4) is 0 Å². The van der Waals surface area contributed by atoms with Crippen LogP contribution in [0, 0.1) is 13.8 Å². The highest BCUT2D eigenvalue weighted by molar-refractivity contribution is 6.07. The van der Waals surface area contributed by atoms with Gasteiger partial charge in [0.15, 0.2) is 0 Å². The summed E-state index contributed by atoms with van der Waals surface area (Å²) >= 11 is 0. The second-order valence-corrected chi connectivity index (χ2v) is 6.21. The Morgan fingerprint density at radius 3 is 2.50 bits per heavy atom. The molecule has 2 N–H and O–H groups in total. The minimum Gasteiger partial charge on any atom is -0.351 e. The lowest BCUT2D eigenvalue weighted by Gasteiger charge is -2.12. The summed E-state index contributed by atoms with van der Waals surface area (Å²) in [6.45, 7) is 5.52. The van der Waals surface area contributed by atoms with Crippen molar-refractivity contribution in [2.45, 2.75) is 32.6 Å². The molecule has 1 aromatic heterocycles. The van der Waals surface area contributed by atoms with E-state index in [9.17, 15) is 4.79 Å². The van der Waals surface area contributed by atoms with Crippen LogP contribution in [-0.2, 0) is 0 Å². The number of benzene rings is 1. The Balaban J connectivity index is 0.00000144. The number of nitrogens with one attached hydrogen (secondary N) is 2. The first-order valence-electron chi connectivity index (χ1n) is 7.95. The van der Waals surface area contributed by atoms with Crippen molar-refractivity contribution >= 4 is 41.6 Å². The Morgan fingerprint density at radius 2 is 1.88 bits per heavy atom. The maximum absolute atomic E-state index is 12.6. The van der Waals surface area contributed by atoms with E-state index in [0.29, 0.717) is 12.5 Å². The fourth-order valence-corrected chi connectivity index (χ4v) is 2.87. The van der Waals surface area contributed by atoms with Crippen molar-refractivity contribution in [1.82, 2.24) is 15.6 Å². The highest BCUT2D eigenvalue weighted by Gasteiger charge is 2.27. The fourth-order valence-electron chi connectivity index (χ4n) is 2.87. The minimum atomic E-state index is -0.00505. The molecule has 1 heterocycles. The second kappa shape index (κ2) is 8.65. The first kappa shape index (κ1) is 20.7. The molecule has 2 aromatic rings. The van der Waals surface area contributed by atoms with Gasteiger partial charge >= 0.3 is 0 Å². The summed E-state index contributed by atoms with van der Waals surface area (Å²) in [5.74, 6) is 0.531. The lowest BCUT2D eigenvalue weighted by atomic mass is 10.00. The van der Waals surface area contributed by atoms with Crippen LogP contribution in [-0.4, -0.2) is 31.0 Å². The van der Waals surface area contributed by atoms with Crippen LogP contribution in [0.5, 0.6) is 0 Å². The summed E-state index contributed by atoms with van der Waals surface area (Å²) in [6, 6.07) is 6.20. The number of pyridine rings is 1. The van der Waals surface area contributed by atoms with Gasteiger partial charge in [-0.1, -0.05) is 11.6 Å². The smallest absolute Gasteiger partial charge is 0.252 e. The van der Waals surface area contributed by atoms with Crippen molar-refractivity contribution in [1.29, 1.82) is 0 Å². The molecule has 1 fully saturated rings. The van der Waals surface area contributed by atoms with Crippen LogP contribution in [0.25, 0.3) is 10.9 Å². The Hall–Kier alpha value is -1.36. The van der Waals surface area contributed by atoms with E-state index in [2.05, 4.69) is 36.6 Å². The number of carbonyl (C=O) groups excluding carboxylic acids is 1. The third kappa shape index (κ3) is 4.38. The van der Waals surface area contributed by atoms with Gasteiger partial charge in [0.2, 0.25) is 0 Å². The number of aromatic nitrogens is 1. The van der Waals surface area contributed by atoms with Gasteiger partial charge in [-0.25, -0.2) is 0 Å². The van der Waals surface area contributed by atoms with Crippen LogP contribution in [0.1, 0.15) is 45.9 Å². The van der Waals surface area contributed by atoms with Gasteiger partial charge in [0.25, 0.3) is 5.91 Å². The van der Waals surface area contributed by atoms with Gasteiger partial charge in [-0.05, 0) is 51.4 Å². The van der Waals surface area contributed by atoms with E-state index in [4.69, 9.17) is 4.98 Å². The first-order valence-corrected chi connectivity index (χ1v) is 7.95. The average Bonchev–Trinajstić information content (AvgIpc) is 3.31. The number of hydrogen-bond acceptors (Lipinski definition) is 3. The number of aryl methyl sites for hydroxylation is 2. The Labute approximate surface area is 155 Å². The third-order valence-corrected chi connectivity index (χ3v) is 4.17. The van der Waals surface area contributed by atoms with Crippen molar-refractivity contribution in [3.8, 4) is 0 Å². The van der Waals surface area contributed by atoms with E-state index in [0.717, 1.165) is 39.8 Å². The summed E-state index contributed by atoms with van der Waals surface area (Å²) in [4.78, 5) is 17.4. The van der Waals surface area contributed by atoms with Gasteiger partial charge < -0.3 is 10.6 Å². The molecule has 0 unspecified atom stereocenters. The Bertz CT molecular complexity index is 730. The molecule has 0 saturated heterocycles. The summed E-state index contributed by atoms with van der Waals surface area (Å²) in [5.41, 5.74) is 5.10. The van der Waals surface area contributed by atoms with E-state index >= 15 is 0 Å². The molecule has 1 aliphatic rings. The highest BCUT2D eigenvalue weighted by atomic mass is 35.5. The second-order valence-electron chi connectivity index (χ2n) is 6.21. The van der Waals surface area contributed by atoms with Gasteiger partial charge in [0.05, 0.1) is 11.1 Å². The third-order valence-electron chi connectivity index (χ3n) is 4.17. The number of fused-ring (bicyclic) bond motifs is 1. The molecular formula is C18H25Cl2N3O. The molecule has 0 spiro atoms. The van der Waals surface area contributed by atoms with Crippen LogP contribution < -0.4 is 10.6 Å². The molecule has 6 heteroatoms. The molecule has 24 heavy (non-hydrogen) atoms. The van der Waals surface area contributed by atoms with E-state index in [-0.39, 0.29) is 30.7 Å². The van der Waals surface area contributed by atoms with E-state index < -0.39 is 0 Å². The van der Waals surface area contributed by atoms with Gasteiger partial charge in [-0.3, -0.25) is 9.78 Å². The zero-order valence-corrected chi connectivity index (χ0v) is 15.9. The van der Waals surface area contributed by atoms with E-state index in [1.54, 1.807) is 0 Å². The molecule has 1 amide bonds. The van der Waals surface area contributed by atoms with Crippen LogP contribution in [0.2, 0.25) is 0 Å². The van der Waals surface area contributed by atoms with Crippen LogP contribution in [0.15, 0.2) is 18.2 Å². The predicted octanol–water partition coefficient (Wildman–Crippen LogP) is 3.52. The summed E-state index contributed by atoms with van der Waals surface area (Å²) in [6.07, 6.45) is 2.37. The topological polar surface area (TPSA) is 54.0 Å². The number of nitrogens with zero attached hydrogens (tertiary/aromatic N) is 1. The lowest BCUT2D eigenvalue weighted by molar-refractivity contribution is 0.0955. The fraction of sp³-hybridized carbons (Fsp3) is 0.444.